The van der Waals surface area contributed by atoms with Crippen LogP contribution in [0.15, 0.2) is 22.7 Å². The van der Waals surface area contributed by atoms with Crippen molar-refractivity contribution in [3.8, 4) is 0 Å². The van der Waals surface area contributed by atoms with Crippen molar-refractivity contribution in [2.75, 3.05) is 11.4 Å². The number of hydrogen-bond donors (Lipinski definition) is 1. The number of rotatable bonds is 5. The van der Waals surface area contributed by atoms with Crippen LogP contribution in [0.2, 0.25) is 0 Å². The first-order valence-electron chi connectivity index (χ1n) is 6.28. The molecule has 0 aliphatic heterocycles. The Morgan fingerprint density at radius 3 is 2.67 bits per heavy atom. The fraction of sp³-hybridized carbons (Fsp3) is 0.500. The van der Waals surface area contributed by atoms with Crippen molar-refractivity contribution >= 4 is 27.6 Å². The summed E-state index contributed by atoms with van der Waals surface area (Å²) >= 11 is 3.34. The van der Waals surface area contributed by atoms with E-state index in [9.17, 15) is 9.90 Å². The molecule has 1 fully saturated rings. The van der Waals surface area contributed by atoms with Crippen LogP contribution in [-0.2, 0) is 0 Å². The Morgan fingerprint density at radius 1 is 1.50 bits per heavy atom. The van der Waals surface area contributed by atoms with E-state index in [1.54, 1.807) is 6.07 Å². The van der Waals surface area contributed by atoms with E-state index >= 15 is 0 Å². The lowest BCUT2D eigenvalue weighted by atomic mass is 10.1. The number of hydrogen-bond acceptors (Lipinski definition) is 2. The monoisotopic (exact) mass is 311 g/mol. The maximum absolute atomic E-state index is 11.4. The first kappa shape index (κ1) is 13.4. The van der Waals surface area contributed by atoms with Crippen LogP contribution < -0.4 is 4.90 Å². The molecule has 18 heavy (non-hydrogen) atoms. The molecule has 1 aromatic rings. The summed E-state index contributed by atoms with van der Waals surface area (Å²) in [6.07, 6.45) is 2.34. The quantitative estimate of drug-likeness (QED) is 0.899. The van der Waals surface area contributed by atoms with Gasteiger partial charge in [0.2, 0.25) is 0 Å². The maximum Gasteiger partial charge on any atom is 0.337 e. The van der Waals surface area contributed by atoms with Gasteiger partial charge in [0, 0.05) is 17.1 Å². The Bertz CT molecular complexity index is 455. The summed E-state index contributed by atoms with van der Waals surface area (Å²) in [6.45, 7) is 5.23. The summed E-state index contributed by atoms with van der Waals surface area (Å²) in [5.74, 6) is -0.336. The number of aromatic carboxylic acids is 1. The first-order valence-corrected chi connectivity index (χ1v) is 7.08. The van der Waals surface area contributed by atoms with Gasteiger partial charge in [-0.2, -0.15) is 0 Å². The van der Waals surface area contributed by atoms with Gasteiger partial charge in [0.1, 0.15) is 0 Å². The minimum atomic E-state index is -0.860. The Labute approximate surface area is 116 Å². The molecule has 0 heterocycles. The molecule has 98 valence electrons. The lowest BCUT2D eigenvalue weighted by molar-refractivity contribution is 0.0697. The van der Waals surface area contributed by atoms with Crippen LogP contribution in [0.25, 0.3) is 0 Å². The summed E-state index contributed by atoms with van der Waals surface area (Å²) in [6, 6.07) is 6.03. The minimum Gasteiger partial charge on any atom is -0.478 e. The van der Waals surface area contributed by atoms with Crippen LogP contribution in [0.4, 0.5) is 5.69 Å². The molecular formula is C14H18BrNO2. The summed E-state index contributed by atoms with van der Waals surface area (Å²) in [7, 11) is 0. The van der Waals surface area contributed by atoms with Crippen molar-refractivity contribution in [3.05, 3.63) is 28.2 Å². The molecule has 0 amide bonds. The normalized spacial score (nSPS) is 14.9. The van der Waals surface area contributed by atoms with E-state index in [0.717, 1.165) is 16.7 Å². The maximum atomic E-state index is 11.4. The fourth-order valence-electron chi connectivity index (χ4n) is 2.15. The third-order valence-electron chi connectivity index (χ3n) is 3.05. The van der Waals surface area contributed by atoms with Gasteiger partial charge in [0.15, 0.2) is 0 Å². The van der Waals surface area contributed by atoms with E-state index in [-0.39, 0.29) is 0 Å². The van der Waals surface area contributed by atoms with Crippen molar-refractivity contribution in [1.29, 1.82) is 0 Å². The highest BCUT2D eigenvalue weighted by Gasteiger charge is 2.31. The second-order valence-electron chi connectivity index (χ2n) is 5.24. The number of carbonyl (C=O) groups is 1. The average molecular weight is 312 g/mol. The third-order valence-corrected chi connectivity index (χ3v) is 3.54. The molecule has 3 nitrogen and oxygen atoms in total. The second kappa shape index (κ2) is 5.31. The predicted molar refractivity (Wildman–Crippen MR) is 76.3 cm³/mol. The molecule has 1 aliphatic rings. The van der Waals surface area contributed by atoms with E-state index in [4.69, 9.17) is 0 Å². The molecule has 0 unspecified atom stereocenters. The highest BCUT2D eigenvalue weighted by molar-refractivity contribution is 9.10. The number of carboxylic acid groups (broad SMARTS) is 1. The molecule has 4 heteroatoms. The van der Waals surface area contributed by atoms with Gasteiger partial charge >= 0.3 is 5.97 Å². The van der Waals surface area contributed by atoms with Crippen molar-refractivity contribution in [1.82, 2.24) is 0 Å². The molecule has 0 spiro atoms. The van der Waals surface area contributed by atoms with Crippen molar-refractivity contribution in [2.45, 2.75) is 32.7 Å². The zero-order valence-electron chi connectivity index (χ0n) is 10.7. The number of anilines is 1. The van der Waals surface area contributed by atoms with Gasteiger partial charge in [-0.15, -0.1) is 0 Å². The molecular weight excluding hydrogens is 294 g/mol. The summed E-state index contributed by atoms with van der Waals surface area (Å²) in [4.78, 5) is 13.6. The summed E-state index contributed by atoms with van der Waals surface area (Å²) < 4.78 is 0.809. The SMILES string of the molecule is CC(C)CN(c1ccc(Br)cc1C(=O)O)C1CC1. The van der Waals surface area contributed by atoms with Crippen molar-refractivity contribution in [3.63, 3.8) is 0 Å². The summed E-state index contributed by atoms with van der Waals surface area (Å²) in [5.41, 5.74) is 1.24. The summed E-state index contributed by atoms with van der Waals surface area (Å²) in [5, 5.41) is 9.33. The van der Waals surface area contributed by atoms with E-state index < -0.39 is 5.97 Å². The third kappa shape index (κ3) is 3.05. The smallest absolute Gasteiger partial charge is 0.337 e. The van der Waals surface area contributed by atoms with E-state index in [1.807, 2.05) is 12.1 Å². The van der Waals surface area contributed by atoms with Crippen LogP contribution in [-0.4, -0.2) is 23.7 Å². The molecule has 0 radical (unpaired) electrons. The molecule has 1 aromatic carbocycles. The number of carboxylic acids is 1. The number of nitrogens with zero attached hydrogens (tertiary/aromatic N) is 1. The van der Waals surface area contributed by atoms with E-state index in [1.165, 1.54) is 12.8 Å². The highest BCUT2D eigenvalue weighted by Crippen LogP contribution is 2.35. The topological polar surface area (TPSA) is 40.5 Å². The Morgan fingerprint density at radius 2 is 2.17 bits per heavy atom. The minimum absolute atomic E-state index is 0.386. The molecule has 2 rings (SSSR count). The van der Waals surface area contributed by atoms with Gasteiger partial charge in [-0.3, -0.25) is 0 Å². The zero-order chi connectivity index (χ0) is 13.3. The van der Waals surface area contributed by atoms with Gasteiger partial charge in [0.05, 0.1) is 11.3 Å². The van der Waals surface area contributed by atoms with Crippen LogP contribution in [0, 0.1) is 5.92 Å². The largest absolute Gasteiger partial charge is 0.478 e. The molecule has 0 bridgehead atoms. The van der Waals surface area contributed by atoms with Gasteiger partial charge in [-0.05, 0) is 37.0 Å². The second-order valence-corrected chi connectivity index (χ2v) is 6.16. The predicted octanol–water partition coefficient (Wildman–Crippen LogP) is 3.77. The molecule has 1 N–H and O–H groups in total. The lowest BCUT2D eigenvalue weighted by Gasteiger charge is -2.28. The highest BCUT2D eigenvalue weighted by atomic mass is 79.9. The fourth-order valence-corrected chi connectivity index (χ4v) is 2.51. The zero-order valence-corrected chi connectivity index (χ0v) is 12.3. The van der Waals surface area contributed by atoms with E-state index in [2.05, 4.69) is 34.7 Å². The van der Waals surface area contributed by atoms with E-state index in [0.29, 0.717) is 17.5 Å². The molecule has 1 aliphatic carbocycles. The van der Waals surface area contributed by atoms with Gasteiger partial charge < -0.3 is 10.0 Å². The van der Waals surface area contributed by atoms with Crippen LogP contribution in [0.5, 0.6) is 0 Å². The average Bonchev–Trinajstić information content (AvgIpc) is 3.09. The molecule has 0 aromatic heterocycles. The van der Waals surface area contributed by atoms with Crippen LogP contribution in [0.3, 0.4) is 0 Å². The molecule has 0 atom stereocenters. The van der Waals surface area contributed by atoms with Gasteiger partial charge in [-0.1, -0.05) is 29.8 Å². The first-order chi connectivity index (χ1) is 8.49. The van der Waals surface area contributed by atoms with Crippen LogP contribution in [0.1, 0.15) is 37.0 Å². The molecule has 1 saturated carbocycles. The Kier molecular flexibility index (Phi) is 3.95. The molecule has 0 saturated heterocycles. The number of halogens is 1. The standard InChI is InChI=1S/C14H18BrNO2/c1-9(2)8-16(11-4-5-11)13-6-3-10(15)7-12(13)14(17)18/h3,6-7,9,11H,4-5,8H2,1-2H3,(H,17,18). The lowest BCUT2D eigenvalue weighted by Crippen LogP contribution is -2.31. The van der Waals surface area contributed by atoms with Crippen molar-refractivity contribution < 1.29 is 9.90 Å². The Balaban J connectivity index is 2.37. The number of benzene rings is 1. The van der Waals surface area contributed by atoms with Gasteiger partial charge in [0.25, 0.3) is 0 Å². The Hall–Kier alpha value is -1.03. The van der Waals surface area contributed by atoms with Gasteiger partial charge in [-0.25, -0.2) is 4.79 Å². The van der Waals surface area contributed by atoms with Crippen molar-refractivity contribution in [2.24, 2.45) is 5.92 Å². The van der Waals surface area contributed by atoms with Crippen LogP contribution >= 0.6 is 15.9 Å².